The molecule has 0 aliphatic carbocycles. The van der Waals surface area contributed by atoms with Crippen molar-refractivity contribution in [1.82, 2.24) is 24.8 Å². The molecule has 1 aliphatic heterocycles. The smallest absolute Gasteiger partial charge is 0.409 e. The number of aromatic nitrogens is 3. The largest absolute Gasteiger partial charge is 0.415 e. The van der Waals surface area contributed by atoms with E-state index in [1.165, 1.54) is 0 Å². The third-order valence-electron chi connectivity index (χ3n) is 5.57. The first-order valence-electron chi connectivity index (χ1n) is 11.3. The van der Waals surface area contributed by atoms with E-state index in [9.17, 15) is 9.59 Å². The van der Waals surface area contributed by atoms with E-state index >= 15 is 0 Å². The zero-order valence-corrected chi connectivity index (χ0v) is 19.4. The van der Waals surface area contributed by atoms with Crippen LogP contribution < -0.4 is 15.8 Å². The van der Waals surface area contributed by atoms with Crippen molar-refractivity contribution < 1.29 is 19.1 Å². The molecule has 1 saturated heterocycles. The van der Waals surface area contributed by atoms with Crippen LogP contribution in [0.25, 0.3) is 5.65 Å². The molecule has 0 unspecified atom stereocenters. The fraction of sp³-hybridized carbons (Fsp3) is 0.417. The molecule has 0 spiro atoms. The third-order valence-corrected chi connectivity index (χ3v) is 5.57. The van der Waals surface area contributed by atoms with E-state index in [2.05, 4.69) is 15.5 Å². The molecule has 3 heterocycles. The second-order valence-electron chi connectivity index (χ2n) is 8.96. The molecule has 2 aromatic heterocycles. The van der Waals surface area contributed by atoms with Gasteiger partial charge in [0, 0.05) is 13.1 Å². The lowest BCUT2D eigenvalue weighted by Crippen LogP contribution is -2.50. The van der Waals surface area contributed by atoms with Crippen LogP contribution in [0.1, 0.15) is 44.1 Å². The van der Waals surface area contributed by atoms with E-state index < -0.39 is 11.6 Å². The van der Waals surface area contributed by atoms with Crippen LogP contribution in [0.3, 0.4) is 0 Å². The first kappa shape index (κ1) is 23.7. The number of ether oxygens (including phenoxy) is 2. The van der Waals surface area contributed by atoms with Gasteiger partial charge in [-0.15, -0.1) is 10.2 Å². The Balaban J connectivity index is 1.55. The van der Waals surface area contributed by atoms with E-state index in [4.69, 9.17) is 15.2 Å². The molecule has 34 heavy (non-hydrogen) atoms. The van der Waals surface area contributed by atoms with Crippen LogP contribution in [-0.4, -0.2) is 56.7 Å². The predicted molar refractivity (Wildman–Crippen MR) is 125 cm³/mol. The monoisotopic (exact) mass is 466 g/mol. The Morgan fingerprint density at radius 2 is 1.85 bits per heavy atom. The summed E-state index contributed by atoms with van der Waals surface area (Å²) < 4.78 is 13.1. The van der Waals surface area contributed by atoms with Crippen LogP contribution in [0.4, 0.5) is 4.79 Å². The van der Waals surface area contributed by atoms with Crippen molar-refractivity contribution in [2.45, 2.75) is 44.9 Å². The Hall–Kier alpha value is -3.50. The molecule has 1 aliphatic rings. The van der Waals surface area contributed by atoms with Crippen molar-refractivity contribution >= 4 is 17.6 Å². The van der Waals surface area contributed by atoms with E-state index in [1.54, 1.807) is 41.5 Å². The summed E-state index contributed by atoms with van der Waals surface area (Å²) in [4.78, 5) is 26.8. The molecule has 0 radical (unpaired) electrons. The number of nitrogens with zero attached hydrogens (tertiary/aromatic N) is 4. The van der Waals surface area contributed by atoms with Crippen molar-refractivity contribution in [2.24, 2.45) is 5.73 Å². The summed E-state index contributed by atoms with van der Waals surface area (Å²) in [5.74, 6) is 0.453. The number of benzene rings is 1. The van der Waals surface area contributed by atoms with Crippen LogP contribution in [-0.2, 0) is 16.1 Å². The van der Waals surface area contributed by atoms with Gasteiger partial charge < -0.3 is 25.4 Å². The molecule has 2 amide bonds. The molecule has 0 saturated carbocycles. The van der Waals surface area contributed by atoms with Gasteiger partial charge in [0.05, 0.1) is 24.9 Å². The Labute approximate surface area is 198 Å². The fourth-order valence-electron chi connectivity index (χ4n) is 3.65. The Kier molecular flexibility index (Phi) is 7.09. The summed E-state index contributed by atoms with van der Waals surface area (Å²) in [5.41, 5.74) is 6.46. The molecule has 1 atom stereocenters. The van der Waals surface area contributed by atoms with Gasteiger partial charge in [0.25, 0.3) is 0 Å². The van der Waals surface area contributed by atoms with E-state index in [1.807, 2.05) is 30.3 Å². The number of carbonyl (C=O) groups is 2. The highest BCUT2D eigenvalue weighted by Gasteiger charge is 2.28. The normalized spacial score (nSPS) is 14.9. The number of carbonyl (C=O) groups excluding carboxylic acids is 2. The number of hydrogen-bond acceptors (Lipinski definition) is 7. The van der Waals surface area contributed by atoms with Crippen molar-refractivity contribution in [3.63, 3.8) is 0 Å². The van der Waals surface area contributed by atoms with Crippen molar-refractivity contribution in [1.29, 1.82) is 0 Å². The number of likely N-dealkylation sites (tertiary alicyclic amines) is 1. The zero-order valence-electron chi connectivity index (χ0n) is 19.4. The molecular formula is C24H30N6O4. The van der Waals surface area contributed by atoms with Crippen molar-refractivity contribution in [3.8, 4) is 5.75 Å². The zero-order chi connectivity index (χ0) is 24.1. The highest BCUT2D eigenvalue weighted by Crippen LogP contribution is 2.20. The SMILES string of the molecule is CC(C)(N)C(=O)N[C@H](COCc1ccccc1)c1nnc2ccc(OC(=O)N3CCCC3)cn12. The summed E-state index contributed by atoms with van der Waals surface area (Å²) in [6, 6.07) is 12.5. The summed E-state index contributed by atoms with van der Waals surface area (Å²) in [5, 5.41) is 11.4. The van der Waals surface area contributed by atoms with Crippen LogP contribution in [0.5, 0.6) is 5.75 Å². The molecule has 3 aromatic rings. The van der Waals surface area contributed by atoms with Crippen molar-refractivity contribution in [2.75, 3.05) is 19.7 Å². The second kappa shape index (κ2) is 10.2. The average Bonchev–Trinajstić information content (AvgIpc) is 3.49. The van der Waals surface area contributed by atoms with Crippen molar-refractivity contribution in [3.05, 3.63) is 60.0 Å². The van der Waals surface area contributed by atoms with Gasteiger partial charge in [0.15, 0.2) is 11.5 Å². The van der Waals surface area contributed by atoms with Gasteiger partial charge in [-0.25, -0.2) is 4.79 Å². The Morgan fingerprint density at radius 1 is 1.12 bits per heavy atom. The van der Waals surface area contributed by atoms with Crippen LogP contribution in [0.15, 0.2) is 48.7 Å². The minimum Gasteiger partial charge on any atom is -0.409 e. The van der Waals surface area contributed by atoms with Gasteiger partial charge in [0.2, 0.25) is 5.91 Å². The summed E-state index contributed by atoms with van der Waals surface area (Å²) in [6.45, 7) is 5.16. The van der Waals surface area contributed by atoms with Crippen LogP contribution in [0.2, 0.25) is 0 Å². The molecule has 0 bridgehead atoms. The predicted octanol–water partition coefficient (Wildman–Crippen LogP) is 2.44. The molecular weight excluding hydrogens is 436 g/mol. The lowest BCUT2D eigenvalue weighted by molar-refractivity contribution is -0.126. The maximum Gasteiger partial charge on any atom is 0.415 e. The second-order valence-corrected chi connectivity index (χ2v) is 8.96. The maximum absolute atomic E-state index is 12.7. The number of amides is 2. The van der Waals surface area contributed by atoms with E-state index in [0.29, 0.717) is 36.9 Å². The minimum atomic E-state index is -1.09. The Morgan fingerprint density at radius 3 is 2.56 bits per heavy atom. The van der Waals surface area contributed by atoms with Gasteiger partial charge >= 0.3 is 6.09 Å². The van der Waals surface area contributed by atoms with Crippen LogP contribution in [0, 0.1) is 0 Å². The summed E-state index contributed by atoms with van der Waals surface area (Å²) >= 11 is 0. The molecule has 10 heteroatoms. The highest BCUT2D eigenvalue weighted by atomic mass is 16.6. The number of nitrogens with one attached hydrogen (secondary N) is 1. The van der Waals surface area contributed by atoms with Gasteiger partial charge in [-0.3, -0.25) is 9.20 Å². The molecule has 1 aromatic carbocycles. The number of hydrogen-bond donors (Lipinski definition) is 2. The van der Waals surface area contributed by atoms with Crippen LogP contribution >= 0.6 is 0 Å². The minimum absolute atomic E-state index is 0.148. The van der Waals surface area contributed by atoms with E-state index in [0.717, 1.165) is 18.4 Å². The number of nitrogens with two attached hydrogens (primary N) is 1. The molecule has 4 rings (SSSR count). The maximum atomic E-state index is 12.7. The number of pyridine rings is 1. The first-order chi connectivity index (χ1) is 16.3. The van der Waals surface area contributed by atoms with Gasteiger partial charge in [-0.2, -0.15) is 0 Å². The van der Waals surface area contributed by atoms with Gasteiger partial charge in [-0.1, -0.05) is 30.3 Å². The lowest BCUT2D eigenvalue weighted by Gasteiger charge is -2.23. The molecule has 180 valence electrons. The average molecular weight is 467 g/mol. The molecule has 1 fully saturated rings. The van der Waals surface area contributed by atoms with E-state index in [-0.39, 0.29) is 18.6 Å². The summed E-state index contributed by atoms with van der Waals surface area (Å²) in [7, 11) is 0. The molecule has 10 nitrogen and oxygen atoms in total. The fourth-order valence-corrected chi connectivity index (χ4v) is 3.65. The Bertz CT molecular complexity index is 1140. The lowest BCUT2D eigenvalue weighted by atomic mass is 10.1. The van der Waals surface area contributed by atoms with Gasteiger partial charge in [-0.05, 0) is 44.4 Å². The third kappa shape index (κ3) is 5.70. The number of fused-ring (bicyclic) bond motifs is 1. The first-order valence-corrected chi connectivity index (χ1v) is 11.3. The quantitative estimate of drug-likeness (QED) is 0.522. The number of rotatable bonds is 8. The van der Waals surface area contributed by atoms with Gasteiger partial charge in [0.1, 0.15) is 11.8 Å². The molecule has 3 N–H and O–H groups in total. The topological polar surface area (TPSA) is 124 Å². The standard InChI is InChI=1S/C24H30N6O4/c1-24(2,25)22(31)26-19(16-33-15-17-8-4-3-5-9-17)21-28-27-20-11-10-18(14-30(20)21)34-23(32)29-12-6-7-13-29/h3-5,8-11,14,19H,6-7,12-13,15-16,25H2,1-2H3,(H,26,31)/t19-/m1/s1. The summed E-state index contributed by atoms with van der Waals surface area (Å²) in [6.07, 6.45) is 3.21. The highest BCUT2D eigenvalue weighted by molar-refractivity contribution is 5.85.